The molecule has 3 nitrogen and oxygen atoms in total. The van der Waals surface area contributed by atoms with Crippen molar-refractivity contribution < 1.29 is 18.3 Å². The van der Waals surface area contributed by atoms with Gasteiger partial charge in [-0.3, -0.25) is 0 Å². The molecule has 0 fully saturated rings. The van der Waals surface area contributed by atoms with Crippen molar-refractivity contribution in [3.05, 3.63) is 23.8 Å². The van der Waals surface area contributed by atoms with Gasteiger partial charge in [-0.2, -0.15) is 0 Å². The first-order valence-corrected chi connectivity index (χ1v) is 4.14. The van der Waals surface area contributed by atoms with Crippen molar-refractivity contribution in [2.24, 2.45) is 5.73 Å². The molecule has 1 aromatic rings. The molecule has 0 aliphatic carbocycles. The molecule has 2 rings (SSSR count). The molecule has 1 unspecified atom stereocenters. The average molecular weight is 238 g/mol. The topological polar surface area (TPSA) is 44.5 Å². The predicted molar refractivity (Wildman–Crippen MR) is 52.5 cm³/mol. The minimum atomic E-state index is -3.58. The number of fused-ring (bicyclic) bond motifs is 1. The molecule has 1 aliphatic heterocycles. The van der Waals surface area contributed by atoms with Crippen LogP contribution in [0.25, 0.3) is 0 Å². The molecule has 2 N–H and O–H groups in total. The molecule has 6 heteroatoms. The summed E-state index contributed by atoms with van der Waals surface area (Å²) in [6, 6.07) is 4.28. The van der Waals surface area contributed by atoms with Gasteiger partial charge in [0.2, 0.25) is 0 Å². The Labute approximate surface area is 91.6 Å². The molecule has 1 atom stereocenters. The van der Waals surface area contributed by atoms with Crippen molar-refractivity contribution in [3.8, 4) is 11.5 Å². The Hall–Kier alpha value is -1.07. The third-order valence-electron chi connectivity index (χ3n) is 1.95. The van der Waals surface area contributed by atoms with Gasteiger partial charge in [-0.05, 0) is 13.0 Å². The van der Waals surface area contributed by atoms with E-state index in [4.69, 9.17) is 5.73 Å². The van der Waals surface area contributed by atoms with Gasteiger partial charge in [0.1, 0.15) is 0 Å². The summed E-state index contributed by atoms with van der Waals surface area (Å²) >= 11 is 0. The molecule has 0 bridgehead atoms. The van der Waals surface area contributed by atoms with E-state index in [0.29, 0.717) is 5.56 Å². The number of hydrogen-bond acceptors (Lipinski definition) is 3. The van der Waals surface area contributed by atoms with E-state index in [1.54, 1.807) is 19.1 Å². The Bertz CT molecular complexity index is 371. The number of hydrogen-bond donors (Lipinski definition) is 1. The number of nitrogens with two attached hydrogens (primary N) is 1. The van der Waals surface area contributed by atoms with Crippen LogP contribution in [0.5, 0.6) is 11.5 Å². The second kappa shape index (κ2) is 3.83. The van der Waals surface area contributed by atoms with Gasteiger partial charge in [-0.1, -0.05) is 12.1 Å². The lowest BCUT2D eigenvalue weighted by molar-refractivity contribution is -0.287. The maximum atomic E-state index is 12.7. The van der Waals surface area contributed by atoms with Crippen LogP contribution in [0.3, 0.4) is 0 Å². The second-order valence-electron chi connectivity index (χ2n) is 3.13. The fourth-order valence-electron chi connectivity index (χ4n) is 1.35. The van der Waals surface area contributed by atoms with Crippen molar-refractivity contribution >= 4 is 12.4 Å². The SMILES string of the molecule is CC(N)c1cccc2c1OC(F)(F)O2.Cl. The van der Waals surface area contributed by atoms with Crippen LogP contribution in [-0.2, 0) is 0 Å². The molecule has 0 amide bonds. The zero-order valence-corrected chi connectivity index (χ0v) is 8.68. The Morgan fingerprint density at radius 1 is 1.33 bits per heavy atom. The molecule has 0 saturated carbocycles. The summed E-state index contributed by atoms with van der Waals surface area (Å²) in [6.07, 6.45) is -3.58. The molecule has 1 aromatic carbocycles. The summed E-state index contributed by atoms with van der Waals surface area (Å²) in [4.78, 5) is 0. The third-order valence-corrected chi connectivity index (χ3v) is 1.95. The first-order valence-electron chi connectivity index (χ1n) is 4.14. The average Bonchev–Trinajstić information content (AvgIpc) is 2.36. The highest BCUT2D eigenvalue weighted by molar-refractivity contribution is 5.85. The molecule has 15 heavy (non-hydrogen) atoms. The van der Waals surface area contributed by atoms with Gasteiger partial charge in [0.15, 0.2) is 11.5 Å². The fourth-order valence-corrected chi connectivity index (χ4v) is 1.35. The number of benzene rings is 1. The lowest BCUT2D eigenvalue weighted by Crippen LogP contribution is -2.26. The van der Waals surface area contributed by atoms with Gasteiger partial charge >= 0.3 is 6.29 Å². The van der Waals surface area contributed by atoms with Crippen LogP contribution < -0.4 is 15.2 Å². The van der Waals surface area contributed by atoms with E-state index >= 15 is 0 Å². The van der Waals surface area contributed by atoms with Crippen LogP contribution >= 0.6 is 12.4 Å². The Morgan fingerprint density at radius 2 is 2.00 bits per heavy atom. The van der Waals surface area contributed by atoms with Crippen LogP contribution in [-0.4, -0.2) is 6.29 Å². The Balaban J connectivity index is 0.00000112. The molecule has 84 valence electrons. The highest BCUT2D eigenvalue weighted by atomic mass is 35.5. The Kier molecular flexibility index (Phi) is 3.06. The normalized spacial score (nSPS) is 18.1. The first kappa shape index (κ1) is 12.0. The smallest absolute Gasteiger partial charge is 0.395 e. The fraction of sp³-hybridized carbons (Fsp3) is 0.333. The Morgan fingerprint density at radius 3 is 2.60 bits per heavy atom. The quantitative estimate of drug-likeness (QED) is 0.816. The van der Waals surface area contributed by atoms with Crippen molar-refractivity contribution in [1.82, 2.24) is 0 Å². The molecule has 1 heterocycles. The van der Waals surface area contributed by atoms with E-state index in [1.165, 1.54) is 6.07 Å². The highest BCUT2D eigenvalue weighted by Gasteiger charge is 2.44. The minimum absolute atomic E-state index is 0. The van der Waals surface area contributed by atoms with Crippen molar-refractivity contribution in [2.75, 3.05) is 0 Å². The molecule has 1 aliphatic rings. The summed E-state index contributed by atoms with van der Waals surface area (Å²) in [6.45, 7) is 1.69. The van der Waals surface area contributed by atoms with Gasteiger partial charge in [-0.15, -0.1) is 21.2 Å². The van der Waals surface area contributed by atoms with E-state index < -0.39 is 6.29 Å². The summed E-state index contributed by atoms with van der Waals surface area (Å²) < 4.78 is 34.0. The monoisotopic (exact) mass is 237 g/mol. The van der Waals surface area contributed by atoms with Crippen molar-refractivity contribution in [3.63, 3.8) is 0 Å². The number of alkyl halides is 2. The number of ether oxygens (including phenoxy) is 2. The second-order valence-corrected chi connectivity index (χ2v) is 3.13. The minimum Gasteiger partial charge on any atom is -0.395 e. The molecule has 0 aromatic heterocycles. The van der Waals surface area contributed by atoms with E-state index in [-0.39, 0.29) is 29.9 Å². The zero-order valence-electron chi connectivity index (χ0n) is 7.87. The van der Waals surface area contributed by atoms with Crippen LogP contribution in [0.2, 0.25) is 0 Å². The largest absolute Gasteiger partial charge is 0.586 e. The molecule has 0 saturated heterocycles. The number of halogens is 3. The first-order chi connectivity index (χ1) is 6.49. The summed E-state index contributed by atoms with van der Waals surface area (Å²) in [7, 11) is 0. The van der Waals surface area contributed by atoms with Crippen LogP contribution in [0.1, 0.15) is 18.5 Å². The van der Waals surface area contributed by atoms with Crippen LogP contribution in [0.15, 0.2) is 18.2 Å². The van der Waals surface area contributed by atoms with Gasteiger partial charge in [0.05, 0.1) is 0 Å². The van der Waals surface area contributed by atoms with Crippen LogP contribution in [0.4, 0.5) is 8.78 Å². The number of para-hydroxylation sites is 1. The third kappa shape index (κ3) is 2.13. The van der Waals surface area contributed by atoms with Crippen LogP contribution in [0, 0.1) is 0 Å². The van der Waals surface area contributed by atoms with Gasteiger partial charge in [-0.25, -0.2) is 0 Å². The van der Waals surface area contributed by atoms with Crippen molar-refractivity contribution in [2.45, 2.75) is 19.3 Å². The van der Waals surface area contributed by atoms with Gasteiger partial charge < -0.3 is 15.2 Å². The summed E-state index contributed by atoms with van der Waals surface area (Å²) in [5.74, 6) is 0.0669. The van der Waals surface area contributed by atoms with E-state index in [2.05, 4.69) is 9.47 Å². The molecular weight excluding hydrogens is 228 g/mol. The summed E-state index contributed by atoms with van der Waals surface area (Å²) in [5, 5.41) is 0. The zero-order chi connectivity index (χ0) is 10.3. The standard InChI is InChI=1S/C9H9F2NO2.ClH/c1-5(12)6-3-2-4-7-8(6)14-9(10,11)13-7;/h2-5H,12H2,1H3;1H. The van der Waals surface area contributed by atoms with Gasteiger partial charge in [0, 0.05) is 11.6 Å². The van der Waals surface area contributed by atoms with E-state index in [9.17, 15) is 8.78 Å². The summed E-state index contributed by atoms with van der Waals surface area (Å²) in [5.41, 5.74) is 6.11. The maximum absolute atomic E-state index is 12.7. The van der Waals surface area contributed by atoms with E-state index in [1.807, 2.05) is 0 Å². The van der Waals surface area contributed by atoms with Gasteiger partial charge in [0.25, 0.3) is 0 Å². The molecular formula is C9H10ClF2NO2. The maximum Gasteiger partial charge on any atom is 0.586 e. The molecule has 0 spiro atoms. The lowest BCUT2D eigenvalue weighted by atomic mass is 10.1. The van der Waals surface area contributed by atoms with Crippen molar-refractivity contribution in [1.29, 1.82) is 0 Å². The number of rotatable bonds is 1. The molecule has 0 radical (unpaired) electrons. The highest BCUT2D eigenvalue weighted by Crippen LogP contribution is 2.44. The lowest BCUT2D eigenvalue weighted by Gasteiger charge is -2.09. The van der Waals surface area contributed by atoms with E-state index in [0.717, 1.165) is 0 Å². The predicted octanol–water partition coefficient (Wildman–Crippen LogP) is 2.45.